The summed E-state index contributed by atoms with van der Waals surface area (Å²) in [4.78, 5) is 27.7. The molecule has 182 valence electrons. The number of nitrogen functional groups attached to an aromatic ring is 1. The maximum absolute atomic E-state index is 12.8. The van der Waals surface area contributed by atoms with E-state index in [1.165, 1.54) is 6.20 Å². The van der Waals surface area contributed by atoms with E-state index >= 15 is 0 Å². The van der Waals surface area contributed by atoms with Crippen LogP contribution in [0.2, 0.25) is 10.0 Å². The first-order valence-electron chi connectivity index (χ1n) is 10.9. The van der Waals surface area contributed by atoms with Crippen molar-refractivity contribution in [2.24, 2.45) is 0 Å². The van der Waals surface area contributed by atoms with Gasteiger partial charge in [0.05, 0.1) is 21.1 Å². The SMILES string of the molecule is CC(C)N(C)CCOc1ccc(Nc2ncc3c(N)n(-c4c(Cl)cccc4Cl)c(=O)nc3n2)cc1. The van der Waals surface area contributed by atoms with Gasteiger partial charge in [-0.3, -0.25) is 0 Å². The van der Waals surface area contributed by atoms with Crippen LogP contribution in [0.5, 0.6) is 5.75 Å². The van der Waals surface area contributed by atoms with Gasteiger partial charge in [-0.25, -0.2) is 14.3 Å². The Balaban J connectivity index is 1.53. The molecule has 0 amide bonds. The first-order valence-corrected chi connectivity index (χ1v) is 11.7. The summed E-state index contributed by atoms with van der Waals surface area (Å²) >= 11 is 12.5. The van der Waals surface area contributed by atoms with Crippen LogP contribution in [0.3, 0.4) is 0 Å². The molecule has 9 nitrogen and oxygen atoms in total. The molecule has 0 bridgehead atoms. The zero-order valence-electron chi connectivity index (χ0n) is 19.5. The lowest BCUT2D eigenvalue weighted by Gasteiger charge is -2.20. The molecule has 2 aromatic heterocycles. The Hall–Kier alpha value is -3.40. The Labute approximate surface area is 212 Å². The molecule has 0 spiro atoms. The summed E-state index contributed by atoms with van der Waals surface area (Å²) in [5, 5.41) is 4.03. The largest absolute Gasteiger partial charge is 0.492 e. The summed E-state index contributed by atoms with van der Waals surface area (Å²) in [5.41, 5.74) is 6.78. The number of nitrogens with one attached hydrogen (secondary N) is 1. The van der Waals surface area contributed by atoms with E-state index in [1.54, 1.807) is 18.2 Å². The van der Waals surface area contributed by atoms with Crippen LogP contribution in [0.4, 0.5) is 17.5 Å². The predicted octanol–water partition coefficient (Wildman–Crippen LogP) is 4.53. The van der Waals surface area contributed by atoms with Crippen LogP contribution >= 0.6 is 23.2 Å². The maximum Gasteiger partial charge on any atom is 0.355 e. The van der Waals surface area contributed by atoms with E-state index < -0.39 is 5.69 Å². The third-order valence-corrected chi connectivity index (χ3v) is 6.15. The number of halogens is 2. The van der Waals surface area contributed by atoms with Crippen LogP contribution in [-0.2, 0) is 0 Å². The molecule has 0 saturated heterocycles. The van der Waals surface area contributed by atoms with Crippen molar-refractivity contribution < 1.29 is 4.74 Å². The van der Waals surface area contributed by atoms with E-state index in [-0.39, 0.29) is 33.1 Å². The number of para-hydroxylation sites is 1. The molecule has 4 rings (SSSR count). The molecule has 0 aliphatic heterocycles. The van der Waals surface area contributed by atoms with Gasteiger partial charge in [0.25, 0.3) is 0 Å². The number of nitrogens with zero attached hydrogens (tertiary/aromatic N) is 5. The molecule has 0 fully saturated rings. The highest BCUT2D eigenvalue weighted by Crippen LogP contribution is 2.30. The highest BCUT2D eigenvalue weighted by Gasteiger charge is 2.17. The Kier molecular flexibility index (Phi) is 7.39. The second-order valence-corrected chi connectivity index (χ2v) is 9.00. The molecule has 0 unspecified atom stereocenters. The zero-order chi connectivity index (χ0) is 25.1. The molecular weight excluding hydrogens is 489 g/mol. The second kappa shape index (κ2) is 10.5. The summed E-state index contributed by atoms with van der Waals surface area (Å²) in [6.45, 7) is 5.72. The average Bonchev–Trinajstić information content (AvgIpc) is 2.81. The van der Waals surface area contributed by atoms with E-state index in [2.05, 4.69) is 46.1 Å². The van der Waals surface area contributed by atoms with E-state index in [1.807, 2.05) is 24.3 Å². The number of hydrogen-bond donors (Lipinski definition) is 2. The quantitative estimate of drug-likeness (QED) is 0.353. The van der Waals surface area contributed by atoms with Gasteiger partial charge in [-0.15, -0.1) is 0 Å². The van der Waals surface area contributed by atoms with Crippen molar-refractivity contribution >= 4 is 51.7 Å². The van der Waals surface area contributed by atoms with Crippen molar-refractivity contribution in [3.8, 4) is 11.4 Å². The number of benzene rings is 2. The van der Waals surface area contributed by atoms with Gasteiger partial charge in [-0.2, -0.15) is 9.97 Å². The molecule has 2 heterocycles. The number of ether oxygens (including phenoxy) is 1. The van der Waals surface area contributed by atoms with Gasteiger partial charge in [0.1, 0.15) is 18.2 Å². The van der Waals surface area contributed by atoms with Crippen molar-refractivity contribution in [2.45, 2.75) is 19.9 Å². The summed E-state index contributed by atoms with van der Waals surface area (Å²) in [5.74, 6) is 1.12. The molecule has 3 N–H and O–H groups in total. The van der Waals surface area contributed by atoms with Gasteiger partial charge in [0.2, 0.25) is 5.95 Å². The van der Waals surface area contributed by atoms with Crippen molar-refractivity contribution in [3.05, 3.63) is 69.2 Å². The lowest BCUT2D eigenvalue weighted by Crippen LogP contribution is -2.30. The van der Waals surface area contributed by atoms with Gasteiger partial charge in [-0.05, 0) is 57.3 Å². The summed E-state index contributed by atoms with van der Waals surface area (Å²) in [7, 11) is 2.06. The number of rotatable bonds is 8. The standard InChI is InChI=1S/C24H25Cl2N7O2/c1-14(2)32(3)11-12-35-16-9-7-15(8-10-16)29-23-28-13-17-21(27)33(24(34)31-22(17)30-23)20-18(25)5-4-6-19(20)26/h4-10,13-14H,11-12,27H2,1-3H3,(H,29,30,31,34). The van der Waals surface area contributed by atoms with Gasteiger partial charge in [0.15, 0.2) is 5.65 Å². The van der Waals surface area contributed by atoms with Crippen LogP contribution in [0.1, 0.15) is 13.8 Å². The molecule has 35 heavy (non-hydrogen) atoms. The molecule has 0 saturated carbocycles. The normalized spacial score (nSPS) is 11.4. The molecule has 2 aromatic carbocycles. The van der Waals surface area contributed by atoms with Gasteiger partial charge < -0.3 is 20.7 Å². The van der Waals surface area contributed by atoms with E-state index in [0.717, 1.165) is 22.5 Å². The average molecular weight is 514 g/mol. The van der Waals surface area contributed by atoms with E-state index in [4.69, 9.17) is 33.7 Å². The monoisotopic (exact) mass is 513 g/mol. The molecule has 0 atom stereocenters. The Morgan fingerprint density at radius 2 is 1.80 bits per heavy atom. The minimum Gasteiger partial charge on any atom is -0.492 e. The van der Waals surface area contributed by atoms with Crippen molar-refractivity contribution in [2.75, 3.05) is 31.2 Å². The minimum atomic E-state index is -0.653. The summed E-state index contributed by atoms with van der Waals surface area (Å²) in [6.07, 6.45) is 1.50. The number of hydrogen-bond acceptors (Lipinski definition) is 8. The second-order valence-electron chi connectivity index (χ2n) is 8.19. The smallest absolute Gasteiger partial charge is 0.355 e. The maximum atomic E-state index is 12.8. The minimum absolute atomic E-state index is 0.0890. The third-order valence-electron chi connectivity index (χ3n) is 5.54. The summed E-state index contributed by atoms with van der Waals surface area (Å²) in [6, 6.07) is 12.8. The van der Waals surface area contributed by atoms with Crippen molar-refractivity contribution in [3.63, 3.8) is 0 Å². The number of aromatic nitrogens is 4. The first kappa shape index (κ1) is 24.7. The lowest BCUT2D eigenvalue weighted by molar-refractivity contribution is 0.208. The van der Waals surface area contributed by atoms with Crippen molar-refractivity contribution in [1.29, 1.82) is 0 Å². The molecular formula is C24H25Cl2N7O2. The molecule has 4 aromatic rings. The van der Waals surface area contributed by atoms with Crippen LogP contribution in [0, 0.1) is 0 Å². The fraction of sp³-hybridized carbons (Fsp3) is 0.250. The molecule has 0 radical (unpaired) electrons. The fourth-order valence-electron chi connectivity index (χ4n) is 3.31. The molecule has 0 aliphatic carbocycles. The Morgan fingerprint density at radius 3 is 2.46 bits per heavy atom. The molecule has 0 aliphatic rings. The van der Waals surface area contributed by atoms with Gasteiger partial charge in [-0.1, -0.05) is 29.3 Å². The fourth-order valence-corrected chi connectivity index (χ4v) is 3.88. The predicted molar refractivity (Wildman–Crippen MR) is 140 cm³/mol. The topological polar surface area (TPSA) is 111 Å². The summed E-state index contributed by atoms with van der Waals surface area (Å²) < 4.78 is 6.95. The van der Waals surface area contributed by atoms with Crippen LogP contribution in [0.25, 0.3) is 16.7 Å². The lowest BCUT2D eigenvalue weighted by atomic mass is 10.3. The van der Waals surface area contributed by atoms with Gasteiger partial charge >= 0.3 is 5.69 Å². The van der Waals surface area contributed by atoms with E-state index in [9.17, 15) is 4.79 Å². The number of likely N-dealkylation sites (N-methyl/N-ethyl adjacent to an activating group) is 1. The van der Waals surface area contributed by atoms with Crippen LogP contribution < -0.4 is 21.5 Å². The Morgan fingerprint density at radius 1 is 1.11 bits per heavy atom. The molecule has 11 heteroatoms. The first-order chi connectivity index (χ1) is 16.7. The number of anilines is 3. The zero-order valence-corrected chi connectivity index (χ0v) is 21.0. The van der Waals surface area contributed by atoms with Crippen molar-refractivity contribution in [1.82, 2.24) is 24.4 Å². The van der Waals surface area contributed by atoms with Crippen LogP contribution in [-0.4, -0.2) is 50.7 Å². The van der Waals surface area contributed by atoms with Crippen LogP contribution in [0.15, 0.2) is 53.5 Å². The third kappa shape index (κ3) is 5.48. The number of fused-ring (bicyclic) bond motifs is 1. The Bertz CT molecular complexity index is 1390. The van der Waals surface area contributed by atoms with E-state index in [0.29, 0.717) is 18.0 Å². The highest BCUT2D eigenvalue weighted by atomic mass is 35.5. The number of nitrogens with two attached hydrogens (primary N) is 1. The van der Waals surface area contributed by atoms with Gasteiger partial charge in [0, 0.05) is 24.5 Å². The highest BCUT2D eigenvalue weighted by molar-refractivity contribution is 6.37.